The van der Waals surface area contributed by atoms with Crippen LogP contribution in [0.2, 0.25) is 0 Å². The molecule has 140 valence electrons. The number of para-hydroxylation sites is 1. The van der Waals surface area contributed by atoms with Gasteiger partial charge in [-0.05, 0) is 38.1 Å². The monoisotopic (exact) mass is 382 g/mol. The first-order chi connectivity index (χ1) is 13.1. The van der Waals surface area contributed by atoms with E-state index in [2.05, 4.69) is 10.2 Å². The summed E-state index contributed by atoms with van der Waals surface area (Å²) in [5, 5.41) is 8.56. The molecule has 0 saturated carbocycles. The number of carbonyl (C=O) groups is 1. The molecule has 0 aliphatic carbocycles. The Balaban J connectivity index is 1.79. The van der Waals surface area contributed by atoms with Crippen molar-refractivity contribution in [3.8, 4) is 11.4 Å². The molecule has 0 N–H and O–H groups in total. The lowest BCUT2D eigenvalue weighted by molar-refractivity contribution is -0.117. The van der Waals surface area contributed by atoms with Crippen LogP contribution in [0.5, 0.6) is 5.75 Å². The maximum absolute atomic E-state index is 13.0. The van der Waals surface area contributed by atoms with Gasteiger partial charge in [-0.3, -0.25) is 9.36 Å². The van der Waals surface area contributed by atoms with Crippen molar-refractivity contribution in [3.63, 3.8) is 0 Å². The summed E-state index contributed by atoms with van der Waals surface area (Å²) in [6, 6.07) is 17.3. The molecule has 1 amide bonds. The second kappa shape index (κ2) is 8.73. The van der Waals surface area contributed by atoms with Crippen molar-refractivity contribution >= 4 is 23.4 Å². The third-order valence-corrected chi connectivity index (χ3v) is 5.17. The standard InChI is InChI=1S/C20H22N4O2S/c1-4-23(16-9-6-5-7-10-16)19(25)15(2)27-20-22-21-14-24(20)17-11-8-12-18(13-17)26-3/h5-15H,4H2,1-3H3. The van der Waals surface area contributed by atoms with Gasteiger partial charge in [0.2, 0.25) is 5.91 Å². The number of hydrogen-bond acceptors (Lipinski definition) is 5. The van der Waals surface area contributed by atoms with Crippen molar-refractivity contribution in [1.82, 2.24) is 14.8 Å². The van der Waals surface area contributed by atoms with Crippen LogP contribution in [0, 0.1) is 0 Å². The van der Waals surface area contributed by atoms with Crippen LogP contribution >= 0.6 is 11.8 Å². The Kier molecular flexibility index (Phi) is 6.13. The number of nitrogens with zero attached hydrogens (tertiary/aromatic N) is 4. The molecule has 27 heavy (non-hydrogen) atoms. The number of methoxy groups -OCH3 is 1. The molecule has 3 aromatic rings. The number of amides is 1. The zero-order valence-electron chi connectivity index (χ0n) is 15.6. The van der Waals surface area contributed by atoms with Crippen molar-refractivity contribution in [2.24, 2.45) is 0 Å². The van der Waals surface area contributed by atoms with E-state index >= 15 is 0 Å². The lowest BCUT2D eigenvalue weighted by Crippen LogP contribution is -2.36. The van der Waals surface area contributed by atoms with Crippen LogP contribution in [0.4, 0.5) is 5.69 Å². The Morgan fingerprint density at radius 3 is 2.70 bits per heavy atom. The molecule has 0 radical (unpaired) electrons. The SMILES string of the molecule is CCN(C(=O)C(C)Sc1nncn1-c1cccc(OC)c1)c1ccccc1. The van der Waals surface area contributed by atoms with Gasteiger partial charge in [0, 0.05) is 18.3 Å². The molecule has 0 fully saturated rings. The van der Waals surface area contributed by atoms with Gasteiger partial charge in [0.05, 0.1) is 18.0 Å². The van der Waals surface area contributed by atoms with Gasteiger partial charge in [0.1, 0.15) is 12.1 Å². The van der Waals surface area contributed by atoms with Crippen LogP contribution in [0.25, 0.3) is 5.69 Å². The van der Waals surface area contributed by atoms with E-state index in [0.29, 0.717) is 11.7 Å². The zero-order chi connectivity index (χ0) is 19.2. The van der Waals surface area contributed by atoms with Crippen molar-refractivity contribution in [2.75, 3.05) is 18.6 Å². The van der Waals surface area contributed by atoms with Gasteiger partial charge in [-0.25, -0.2) is 0 Å². The highest BCUT2D eigenvalue weighted by atomic mass is 32.2. The largest absolute Gasteiger partial charge is 0.497 e. The van der Waals surface area contributed by atoms with Crippen LogP contribution in [-0.2, 0) is 4.79 Å². The molecule has 2 aromatic carbocycles. The first-order valence-electron chi connectivity index (χ1n) is 8.71. The van der Waals surface area contributed by atoms with Crippen LogP contribution < -0.4 is 9.64 Å². The molecule has 3 rings (SSSR count). The minimum absolute atomic E-state index is 0.0360. The van der Waals surface area contributed by atoms with E-state index in [4.69, 9.17) is 4.74 Å². The molecule has 0 aliphatic rings. The van der Waals surface area contributed by atoms with Crippen molar-refractivity contribution in [3.05, 3.63) is 60.9 Å². The van der Waals surface area contributed by atoms with E-state index in [1.807, 2.05) is 73.0 Å². The highest BCUT2D eigenvalue weighted by molar-refractivity contribution is 8.00. The first kappa shape index (κ1) is 19.0. The lowest BCUT2D eigenvalue weighted by atomic mass is 10.2. The highest BCUT2D eigenvalue weighted by Gasteiger charge is 2.24. The number of thioether (sulfide) groups is 1. The molecule has 0 bridgehead atoms. The van der Waals surface area contributed by atoms with Gasteiger partial charge in [0.25, 0.3) is 0 Å². The molecule has 0 saturated heterocycles. The van der Waals surface area contributed by atoms with Gasteiger partial charge in [-0.2, -0.15) is 0 Å². The summed E-state index contributed by atoms with van der Waals surface area (Å²) in [6.45, 7) is 4.47. The number of anilines is 1. The average molecular weight is 382 g/mol. The summed E-state index contributed by atoms with van der Waals surface area (Å²) in [7, 11) is 1.63. The molecule has 6 nitrogen and oxygen atoms in total. The Morgan fingerprint density at radius 1 is 1.22 bits per heavy atom. The van der Waals surface area contributed by atoms with E-state index < -0.39 is 0 Å². The fourth-order valence-corrected chi connectivity index (χ4v) is 3.65. The molecular weight excluding hydrogens is 360 g/mol. The van der Waals surface area contributed by atoms with Crippen LogP contribution in [0.1, 0.15) is 13.8 Å². The molecule has 1 unspecified atom stereocenters. The number of rotatable bonds is 7. The van der Waals surface area contributed by atoms with E-state index in [9.17, 15) is 4.79 Å². The smallest absolute Gasteiger partial charge is 0.240 e. The van der Waals surface area contributed by atoms with Crippen molar-refractivity contribution in [2.45, 2.75) is 24.3 Å². The second-order valence-electron chi connectivity index (χ2n) is 5.86. The molecular formula is C20H22N4O2S. The minimum atomic E-state index is -0.307. The maximum Gasteiger partial charge on any atom is 0.240 e. The Bertz CT molecular complexity index is 898. The summed E-state index contributed by atoms with van der Waals surface area (Å²) < 4.78 is 7.14. The van der Waals surface area contributed by atoms with E-state index in [1.165, 1.54) is 11.8 Å². The molecule has 1 aromatic heterocycles. The number of benzene rings is 2. The van der Waals surface area contributed by atoms with Crippen LogP contribution in [0.3, 0.4) is 0 Å². The van der Waals surface area contributed by atoms with Gasteiger partial charge in [-0.1, -0.05) is 36.0 Å². The second-order valence-corrected chi connectivity index (χ2v) is 7.17. The van der Waals surface area contributed by atoms with Gasteiger partial charge >= 0.3 is 0 Å². The molecule has 1 atom stereocenters. The lowest BCUT2D eigenvalue weighted by Gasteiger charge is -2.24. The first-order valence-corrected chi connectivity index (χ1v) is 9.59. The third kappa shape index (κ3) is 4.31. The molecule has 1 heterocycles. The summed E-state index contributed by atoms with van der Waals surface area (Å²) >= 11 is 1.39. The van der Waals surface area contributed by atoms with Crippen LogP contribution in [-0.4, -0.2) is 39.6 Å². The molecule has 7 heteroatoms. The zero-order valence-corrected chi connectivity index (χ0v) is 16.4. The third-order valence-electron chi connectivity index (χ3n) is 4.13. The quantitative estimate of drug-likeness (QED) is 0.582. The molecule has 0 spiro atoms. The van der Waals surface area contributed by atoms with Crippen LogP contribution in [0.15, 0.2) is 66.1 Å². The van der Waals surface area contributed by atoms with E-state index in [1.54, 1.807) is 18.3 Å². The van der Waals surface area contributed by atoms with E-state index in [-0.39, 0.29) is 11.2 Å². The highest BCUT2D eigenvalue weighted by Crippen LogP contribution is 2.27. The normalized spacial score (nSPS) is 11.8. The Morgan fingerprint density at radius 2 is 2.00 bits per heavy atom. The Labute approximate surface area is 163 Å². The van der Waals surface area contributed by atoms with Gasteiger partial charge in [0.15, 0.2) is 5.16 Å². The number of aromatic nitrogens is 3. The van der Waals surface area contributed by atoms with Gasteiger partial charge < -0.3 is 9.64 Å². The van der Waals surface area contributed by atoms with Gasteiger partial charge in [-0.15, -0.1) is 10.2 Å². The maximum atomic E-state index is 13.0. The Hall–Kier alpha value is -2.80. The topological polar surface area (TPSA) is 60.2 Å². The summed E-state index contributed by atoms with van der Waals surface area (Å²) in [6.07, 6.45) is 1.64. The predicted molar refractivity (Wildman–Crippen MR) is 108 cm³/mol. The average Bonchev–Trinajstić information content (AvgIpc) is 3.17. The summed E-state index contributed by atoms with van der Waals surface area (Å²) in [4.78, 5) is 14.8. The van der Waals surface area contributed by atoms with Crippen molar-refractivity contribution < 1.29 is 9.53 Å². The number of hydrogen-bond donors (Lipinski definition) is 0. The molecule has 0 aliphatic heterocycles. The van der Waals surface area contributed by atoms with E-state index in [0.717, 1.165) is 17.1 Å². The predicted octanol–water partition coefficient (Wildman–Crippen LogP) is 3.81. The summed E-state index contributed by atoms with van der Waals surface area (Å²) in [5.41, 5.74) is 1.78. The fraction of sp³-hybridized carbons (Fsp3) is 0.250. The minimum Gasteiger partial charge on any atom is -0.497 e. The summed E-state index contributed by atoms with van der Waals surface area (Å²) in [5.74, 6) is 0.788. The number of carbonyl (C=O) groups excluding carboxylic acids is 1. The van der Waals surface area contributed by atoms with Crippen molar-refractivity contribution in [1.29, 1.82) is 0 Å². The number of ether oxygens (including phenoxy) is 1. The fourth-order valence-electron chi connectivity index (χ4n) is 2.74.